The van der Waals surface area contributed by atoms with Crippen molar-refractivity contribution in [3.05, 3.63) is 71.9 Å². The third-order valence-electron chi connectivity index (χ3n) is 3.74. The van der Waals surface area contributed by atoms with Crippen molar-refractivity contribution in [3.63, 3.8) is 0 Å². The Labute approximate surface area is 127 Å². The average molecular weight is 275 g/mol. The number of para-hydroxylation sites is 1. The predicted molar refractivity (Wildman–Crippen MR) is 87.6 cm³/mol. The van der Waals surface area contributed by atoms with E-state index in [1.807, 2.05) is 43.5 Å². The van der Waals surface area contributed by atoms with Crippen molar-refractivity contribution in [2.75, 3.05) is 0 Å². The van der Waals surface area contributed by atoms with Gasteiger partial charge < -0.3 is 0 Å². The number of nitrogens with zero attached hydrogens (tertiary/aromatic N) is 2. The maximum absolute atomic E-state index is 7.69. The van der Waals surface area contributed by atoms with Gasteiger partial charge in [0.05, 0.1) is 17.2 Å². The van der Waals surface area contributed by atoms with Gasteiger partial charge in [0.15, 0.2) is 0 Å². The lowest BCUT2D eigenvalue weighted by molar-refractivity contribution is 1.21. The Morgan fingerprint density at radius 1 is 1.00 bits per heavy atom. The van der Waals surface area contributed by atoms with Gasteiger partial charge in [-0.05, 0) is 43.4 Å². The highest BCUT2D eigenvalue weighted by atomic mass is 15.0. The maximum Gasteiger partial charge on any atom is 0.145 e. The van der Waals surface area contributed by atoms with Gasteiger partial charge in [-0.2, -0.15) is 0 Å². The number of fused-ring (bicyclic) bond motifs is 3. The van der Waals surface area contributed by atoms with E-state index in [4.69, 9.17) is 4.11 Å². The largest absolute Gasteiger partial charge is 0.292 e. The van der Waals surface area contributed by atoms with E-state index in [-0.39, 0.29) is 0 Å². The topological polar surface area (TPSA) is 17.3 Å². The van der Waals surface area contributed by atoms with Crippen LogP contribution >= 0.6 is 0 Å². The molecule has 2 nitrogen and oxygen atoms in total. The minimum absolute atomic E-state index is 0.342. The fourth-order valence-corrected chi connectivity index (χ4v) is 2.86. The lowest BCUT2D eigenvalue weighted by Gasteiger charge is -2.08. The van der Waals surface area contributed by atoms with E-state index in [9.17, 15) is 0 Å². The van der Waals surface area contributed by atoms with Crippen molar-refractivity contribution >= 4 is 16.4 Å². The molecule has 0 atom stereocenters. The van der Waals surface area contributed by atoms with Crippen LogP contribution in [0.1, 0.15) is 15.2 Å². The standard InChI is InChI=1S/C19H16N2/c1-13-9-14(2)11-16(10-13)19-20-12-17-8-7-15-5-3-4-6-18(15)21(17)19/h3-12H,1-2H3/i1D3. The highest BCUT2D eigenvalue weighted by molar-refractivity contribution is 5.85. The third-order valence-corrected chi connectivity index (χ3v) is 3.74. The first-order chi connectivity index (χ1) is 11.4. The Balaban J connectivity index is 2.04. The lowest BCUT2D eigenvalue weighted by atomic mass is 10.1. The Bertz CT molecular complexity index is 1060. The van der Waals surface area contributed by atoms with Crippen molar-refractivity contribution < 1.29 is 4.11 Å². The molecule has 0 bridgehead atoms. The summed E-state index contributed by atoms with van der Waals surface area (Å²) in [5.74, 6) is 0.760. The molecule has 2 aromatic heterocycles. The zero-order valence-electron chi connectivity index (χ0n) is 14.7. The molecule has 0 spiro atoms. The molecule has 0 saturated heterocycles. The zero-order valence-corrected chi connectivity index (χ0v) is 11.7. The molecule has 21 heavy (non-hydrogen) atoms. The summed E-state index contributed by atoms with van der Waals surface area (Å²) in [4.78, 5) is 4.56. The van der Waals surface area contributed by atoms with E-state index in [0.29, 0.717) is 5.56 Å². The van der Waals surface area contributed by atoms with Crippen LogP contribution in [0.4, 0.5) is 0 Å². The van der Waals surface area contributed by atoms with Crippen molar-refractivity contribution in [2.24, 2.45) is 0 Å². The van der Waals surface area contributed by atoms with Gasteiger partial charge in [0.25, 0.3) is 0 Å². The first-order valence-electron chi connectivity index (χ1n) is 8.41. The average Bonchev–Trinajstić information content (AvgIpc) is 2.98. The Hall–Kier alpha value is -2.61. The van der Waals surface area contributed by atoms with Crippen LogP contribution in [0.5, 0.6) is 0 Å². The van der Waals surface area contributed by atoms with Crippen LogP contribution < -0.4 is 0 Å². The number of imidazole rings is 1. The minimum atomic E-state index is -2.13. The van der Waals surface area contributed by atoms with Crippen LogP contribution in [0.15, 0.2) is 60.8 Å². The number of benzene rings is 2. The number of aryl methyl sites for hydroxylation is 2. The van der Waals surface area contributed by atoms with Gasteiger partial charge >= 0.3 is 0 Å². The van der Waals surface area contributed by atoms with Gasteiger partial charge in [-0.3, -0.25) is 4.40 Å². The number of hydrogen-bond acceptors (Lipinski definition) is 1. The summed E-state index contributed by atoms with van der Waals surface area (Å²) in [6, 6.07) is 17.6. The quantitative estimate of drug-likeness (QED) is 0.489. The molecule has 0 fully saturated rings. The van der Waals surface area contributed by atoms with E-state index >= 15 is 0 Å². The fraction of sp³-hybridized carbons (Fsp3) is 0.105. The van der Waals surface area contributed by atoms with E-state index in [2.05, 4.69) is 21.5 Å². The summed E-state index contributed by atoms with van der Waals surface area (Å²) < 4.78 is 25.2. The van der Waals surface area contributed by atoms with E-state index in [1.54, 1.807) is 12.1 Å². The molecule has 4 rings (SSSR count). The Kier molecular flexibility index (Phi) is 1.98. The number of pyridine rings is 1. The summed E-state index contributed by atoms with van der Waals surface area (Å²) >= 11 is 0. The van der Waals surface area contributed by atoms with Gasteiger partial charge in [0.1, 0.15) is 5.82 Å². The van der Waals surface area contributed by atoms with Crippen LogP contribution in [-0.4, -0.2) is 9.38 Å². The third kappa shape index (κ3) is 1.91. The summed E-state index contributed by atoms with van der Waals surface area (Å²) in [6.45, 7) is -0.220. The van der Waals surface area contributed by atoms with Crippen molar-refractivity contribution in [2.45, 2.75) is 13.8 Å². The maximum atomic E-state index is 7.69. The van der Waals surface area contributed by atoms with Crippen LogP contribution in [0.25, 0.3) is 27.8 Å². The molecule has 2 heteroatoms. The molecule has 0 aliphatic heterocycles. The second-order valence-corrected chi connectivity index (χ2v) is 5.32. The molecule has 102 valence electrons. The molecular formula is C19H16N2. The van der Waals surface area contributed by atoms with Gasteiger partial charge in [0, 0.05) is 9.68 Å². The Morgan fingerprint density at radius 2 is 1.86 bits per heavy atom. The van der Waals surface area contributed by atoms with E-state index in [0.717, 1.165) is 33.4 Å². The Morgan fingerprint density at radius 3 is 2.76 bits per heavy atom. The SMILES string of the molecule is [2H]C([2H])([2H])c1cc(C)cc(-c2ncc3ccc4ccccc4n23)c1. The van der Waals surface area contributed by atoms with Crippen molar-refractivity contribution in [1.82, 2.24) is 9.38 Å². The van der Waals surface area contributed by atoms with Gasteiger partial charge in [0.2, 0.25) is 0 Å². The fourth-order valence-electron chi connectivity index (χ4n) is 2.86. The molecule has 0 N–H and O–H groups in total. The van der Waals surface area contributed by atoms with E-state index in [1.165, 1.54) is 0 Å². The van der Waals surface area contributed by atoms with Gasteiger partial charge in [-0.15, -0.1) is 0 Å². The molecule has 0 saturated carbocycles. The monoisotopic (exact) mass is 275 g/mol. The number of aromatic nitrogens is 2. The highest BCUT2D eigenvalue weighted by Gasteiger charge is 2.09. The van der Waals surface area contributed by atoms with Crippen LogP contribution in [0.2, 0.25) is 0 Å². The lowest BCUT2D eigenvalue weighted by Crippen LogP contribution is -1.93. The van der Waals surface area contributed by atoms with Crippen molar-refractivity contribution in [1.29, 1.82) is 0 Å². The van der Waals surface area contributed by atoms with Crippen LogP contribution in [0, 0.1) is 13.8 Å². The summed E-state index contributed by atoms with van der Waals surface area (Å²) in [7, 11) is 0. The molecule has 0 unspecified atom stereocenters. The molecule has 0 radical (unpaired) electrons. The molecule has 0 aliphatic carbocycles. The first kappa shape index (κ1) is 9.35. The zero-order chi connectivity index (χ0) is 16.9. The smallest absolute Gasteiger partial charge is 0.145 e. The second kappa shape index (κ2) is 4.45. The summed E-state index contributed by atoms with van der Waals surface area (Å²) in [5, 5.41) is 1.12. The molecule has 4 aromatic rings. The molecule has 0 amide bonds. The summed E-state index contributed by atoms with van der Waals surface area (Å²) in [5.41, 5.74) is 4.11. The number of hydrogen-bond donors (Lipinski definition) is 0. The number of rotatable bonds is 1. The normalized spacial score (nSPS) is 14.0. The summed E-state index contributed by atoms with van der Waals surface area (Å²) in [6.07, 6.45) is 1.82. The molecule has 2 heterocycles. The molecule has 2 aromatic carbocycles. The highest BCUT2D eigenvalue weighted by Crippen LogP contribution is 2.26. The van der Waals surface area contributed by atoms with Crippen LogP contribution in [0.3, 0.4) is 0 Å². The predicted octanol–water partition coefficient (Wildman–Crippen LogP) is 4.77. The minimum Gasteiger partial charge on any atom is -0.292 e. The van der Waals surface area contributed by atoms with Crippen molar-refractivity contribution in [3.8, 4) is 11.4 Å². The first-order valence-corrected chi connectivity index (χ1v) is 6.91. The molecule has 0 aliphatic rings. The second-order valence-electron chi connectivity index (χ2n) is 5.32. The van der Waals surface area contributed by atoms with Crippen LogP contribution in [-0.2, 0) is 0 Å². The van der Waals surface area contributed by atoms with E-state index < -0.39 is 6.85 Å². The van der Waals surface area contributed by atoms with Gasteiger partial charge in [-0.25, -0.2) is 4.98 Å². The molecular weight excluding hydrogens is 256 g/mol. The van der Waals surface area contributed by atoms with Gasteiger partial charge in [-0.1, -0.05) is 41.5 Å².